The SMILES string of the molecule is COc1cc(C)c(C(C)NC(=O)C2CC2(Cl)Cl)cc1OC. The molecule has 1 saturated carbocycles. The van der Waals surface area contributed by atoms with Crippen molar-refractivity contribution in [2.45, 2.75) is 30.6 Å². The zero-order valence-corrected chi connectivity index (χ0v) is 14.0. The lowest BCUT2D eigenvalue weighted by molar-refractivity contribution is -0.123. The molecule has 1 aliphatic carbocycles. The lowest BCUT2D eigenvalue weighted by Gasteiger charge is -2.19. The normalized spacial score (nSPS) is 20.6. The molecule has 1 amide bonds. The maximum Gasteiger partial charge on any atom is 0.226 e. The first-order valence-electron chi connectivity index (χ1n) is 6.71. The van der Waals surface area contributed by atoms with E-state index in [4.69, 9.17) is 32.7 Å². The smallest absolute Gasteiger partial charge is 0.226 e. The molecule has 1 aromatic carbocycles. The average Bonchev–Trinajstić information content (AvgIpc) is 3.07. The number of hydrogen-bond donors (Lipinski definition) is 1. The lowest BCUT2D eigenvalue weighted by atomic mass is 10.0. The minimum Gasteiger partial charge on any atom is -0.493 e. The van der Waals surface area contributed by atoms with Gasteiger partial charge in [0.1, 0.15) is 4.33 Å². The van der Waals surface area contributed by atoms with E-state index in [1.807, 2.05) is 26.0 Å². The molecule has 2 rings (SSSR count). The van der Waals surface area contributed by atoms with E-state index in [0.717, 1.165) is 11.1 Å². The summed E-state index contributed by atoms with van der Waals surface area (Å²) in [6, 6.07) is 3.60. The quantitative estimate of drug-likeness (QED) is 0.841. The second-order valence-electron chi connectivity index (χ2n) is 5.31. The summed E-state index contributed by atoms with van der Waals surface area (Å²) in [5.74, 6) is 0.847. The maximum absolute atomic E-state index is 12.1. The largest absolute Gasteiger partial charge is 0.493 e. The second kappa shape index (κ2) is 5.93. The van der Waals surface area contributed by atoms with Gasteiger partial charge >= 0.3 is 0 Å². The monoisotopic (exact) mass is 331 g/mol. The number of benzene rings is 1. The molecule has 4 nitrogen and oxygen atoms in total. The van der Waals surface area contributed by atoms with Gasteiger partial charge in [-0.15, -0.1) is 23.2 Å². The summed E-state index contributed by atoms with van der Waals surface area (Å²) in [6.45, 7) is 3.88. The van der Waals surface area contributed by atoms with Gasteiger partial charge in [0.15, 0.2) is 11.5 Å². The van der Waals surface area contributed by atoms with Crippen LogP contribution in [0.2, 0.25) is 0 Å². The standard InChI is InChI=1S/C15H19Cl2NO3/c1-8-5-12(20-3)13(21-4)6-10(8)9(2)18-14(19)11-7-15(11,16)17/h5-6,9,11H,7H2,1-4H3,(H,18,19). The predicted octanol–water partition coefficient (Wildman–Crippen LogP) is 3.38. The number of methoxy groups -OCH3 is 2. The third-order valence-corrected chi connectivity index (χ3v) is 4.58. The summed E-state index contributed by atoms with van der Waals surface area (Å²) in [5, 5.41) is 2.94. The van der Waals surface area contributed by atoms with Gasteiger partial charge in [-0.1, -0.05) is 0 Å². The molecule has 116 valence electrons. The molecule has 2 atom stereocenters. The summed E-state index contributed by atoms with van der Waals surface area (Å²) in [6.07, 6.45) is 0.500. The molecule has 1 N–H and O–H groups in total. The number of halogens is 2. The number of carbonyl (C=O) groups excluding carboxylic acids is 1. The van der Waals surface area contributed by atoms with Crippen LogP contribution in [0.15, 0.2) is 12.1 Å². The average molecular weight is 332 g/mol. The minimum atomic E-state index is -0.906. The van der Waals surface area contributed by atoms with Crippen molar-refractivity contribution in [3.8, 4) is 11.5 Å². The molecule has 0 aliphatic heterocycles. The van der Waals surface area contributed by atoms with Crippen molar-refractivity contribution in [3.63, 3.8) is 0 Å². The summed E-state index contributed by atoms with van der Waals surface area (Å²) < 4.78 is 9.65. The fraction of sp³-hybridized carbons (Fsp3) is 0.533. The molecule has 21 heavy (non-hydrogen) atoms. The van der Waals surface area contributed by atoms with Gasteiger partial charge in [-0.3, -0.25) is 4.79 Å². The van der Waals surface area contributed by atoms with Gasteiger partial charge in [-0.05, 0) is 43.5 Å². The maximum atomic E-state index is 12.1. The number of carbonyl (C=O) groups is 1. The Morgan fingerprint density at radius 3 is 2.33 bits per heavy atom. The number of hydrogen-bond acceptors (Lipinski definition) is 3. The van der Waals surface area contributed by atoms with Crippen molar-refractivity contribution < 1.29 is 14.3 Å². The Morgan fingerprint density at radius 1 is 1.33 bits per heavy atom. The number of nitrogens with one attached hydrogen (secondary N) is 1. The van der Waals surface area contributed by atoms with Crippen LogP contribution in [-0.4, -0.2) is 24.5 Å². The molecule has 0 aromatic heterocycles. The highest BCUT2D eigenvalue weighted by Crippen LogP contribution is 2.53. The van der Waals surface area contributed by atoms with Crippen molar-refractivity contribution in [2.75, 3.05) is 14.2 Å². The minimum absolute atomic E-state index is 0.123. The van der Waals surface area contributed by atoms with E-state index in [-0.39, 0.29) is 17.9 Å². The van der Waals surface area contributed by atoms with E-state index < -0.39 is 4.33 Å². The molecule has 0 saturated heterocycles. The molecule has 0 bridgehead atoms. The fourth-order valence-corrected chi connectivity index (χ4v) is 2.86. The third-order valence-electron chi connectivity index (χ3n) is 3.74. The topological polar surface area (TPSA) is 47.6 Å². The van der Waals surface area contributed by atoms with E-state index in [2.05, 4.69) is 5.32 Å². The van der Waals surface area contributed by atoms with E-state index in [0.29, 0.717) is 17.9 Å². The van der Waals surface area contributed by atoms with Crippen LogP contribution < -0.4 is 14.8 Å². The number of alkyl halides is 2. The Kier molecular flexibility index (Phi) is 4.59. The first-order chi connectivity index (χ1) is 9.80. The molecule has 1 aromatic rings. The Balaban J connectivity index is 2.15. The van der Waals surface area contributed by atoms with E-state index in [1.54, 1.807) is 14.2 Å². The van der Waals surface area contributed by atoms with Crippen LogP contribution in [0.1, 0.15) is 30.5 Å². The molecule has 1 fully saturated rings. The van der Waals surface area contributed by atoms with Crippen molar-refractivity contribution >= 4 is 29.1 Å². The van der Waals surface area contributed by atoms with Crippen molar-refractivity contribution in [1.82, 2.24) is 5.32 Å². The van der Waals surface area contributed by atoms with Crippen LogP contribution in [0.5, 0.6) is 11.5 Å². The number of ether oxygens (including phenoxy) is 2. The predicted molar refractivity (Wildman–Crippen MR) is 83.4 cm³/mol. The first kappa shape index (κ1) is 16.2. The highest BCUT2D eigenvalue weighted by molar-refractivity contribution is 6.52. The fourth-order valence-electron chi connectivity index (χ4n) is 2.35. The summed E-state index contributed by atoms with van der Waals surface area (Å²) >= 11 is 11.8. The van der Waals surface area contributed by atoms with Crippen molar-refractivity contribution in [2.24, 2.45) is 5.92 Å². The second-order valence-corrected chi connectivity index (χ2v) is 6.85. The van der Waals surface area contributed by atoms with Crippen molar-refractivity contribution in [3.05, 3.63) is 23.3 Å². The zero-order chi connectivity index (χ0) is 15.8. The van der Waals surface area contributed by atoms with Crippen LogP contribution in [-0.2, 0) is 4.79 Å². The molecule has 0 spiro atoms. The van der Waals surface area contributed by atoms with E-state index in [1.165, 1.54) is 0 Å². The molecular weight excluding hydrogens is 313 g/mol. The third kappa shape index (κ3) is 3.38. The molecule has 2 unspecified atom stereocenters. The van der Waals surface area contributed by atoms with Gasteiger partial charge in [0.2, 0.25) is 5.91 Å². The van der Waals surface area contributed by atoms with E-state index in [9.17, 15) is 4.79 Å². The summed E-state index contributed by atoms with van der Waals surface area (Å²) in [7, 11) is 3.18. The summed E-state index contributed by atoms with van der Waals surface area (Å²) in [5.41, 5.74) is 1.98. The Labute approximate surface area is 134 Å². The molecular formula is C15H19Cl2NO3. The van der Waals surface area contributed by atoms with Crippen molar-refractivity contribution in [1.29, 1.82) is 0 Å². The van der Waals surface area contributed by atoms with E-state index >= 15 is 0 Å². The molecule has 0 radical (unpaired) electrons. The lowest BCUT2D eigenvalue weighted by Crippen LogP contribution is -2.29. The van der Waals surface area contributed by atoms with Gasteiger partial charge in [0.25, 0.3) is 0 Å². The van der Waals surface area contributed by atoms with Crippen LogP contribution in [0.3, 0.4) is 0 Å². The highest BCUT2D eigenvalue weighted by Gasteiger charge is 2.56. The van der Waals surface area contributed by atoms with Crippen LogP contribution in [0, 0.1) is 12.8 Å². The van der Waals surface area contributed by atoms with Crippen LogP contribution in [0.25, 0.3) is 0 Å². The van der Waals surface area contributed by atoms with Gasteiger partial charge in [-0.25, -0.2) is 0 Å². The van der Waals surface area contributed by atoms with Gasteiger partial charge < -0.3 is 14.8 Å². The zero-order valence-electron chi connectivity index (χ0n) is 12.5. The Bertz CT molecular complexity index is 560. The molecule has 1 aliphatic rings. The van der Waals surface area contributed by atoms with Crippen LogP contribution >= 0.6 is 23.2 Å². The first-order valence-corrected chi connectivity index (χ1v) is 7.46. The number of rotatable bonds is 5. The van der Waals surface area contributed by atoms with Crippen LogP contribution in [0.4, 0.5) is 0 Å². The molecule has 0 heterocycles. The van der Waals surface area contributed by atoms with Gasteiger partial charge in [0.05, 0.1) is 26.2 Å². The van der Waals surface area contributed by atoms with Gasteiger partial charge in [0, 0.05) is 0 Å². The number of aryl methyl sites for hydroxylation is 1. The highest BCUT2D eigenvalue weighted by atomic mass is 35.5. The molecule has 6 heteroatoms. The van der Waals surface area contributed by atoms with Gasteiger partial charge in [-0.2, -0.15) is 0 Å². The Morgan fingerprint density at radius 2 is 1.86 bits per heavy atom. The summed E-state index contributed by atoms with van der Waals surface area (Å²) in [4.78, 5) is 12.1. The number of amides is 1. The Hall–Kier alpha value is -1.13.